The Morgan fingerprint density at radius 3 is 3.06 bits per heavy atom. The number of nitrogens with zero attached hydrogens (tertiary/aromatic N) is 2. The molecule has 0 amide bonds. The lowest BCUT2D eigenvalue weighted by atomic mass is 10.1. The van der Waals surface area contributed by atoms with Gasteiger partial charge in [0.1, 0.15) is 5.75 Å². The minimum absolute atomic E-state index is 0.163. The highest BCUT2D eigenvalue weighted by atomic mass is 16.5. The van der Waals surface area contributed by atoms with Gasteiger partial charge in [0.25, 0.3) is 0 Å². The average Bonchev–Trinajstić information content (AvgIpc) is 3.03. The number of hydrogen-bond acceptors (Lipinski definition) is 5. The van der Waals surface area contributed by atoms with Gasteiger partial charge in [-0.1, -0.05) is 30.3 Å². The third-order valence-electron chi connectivity index (χ3n) is 3.15. The molecule has 2 heterocycles. The van der Waals surface area contributed by atoms with Crippen molar-refractivity contribution in [2.75, 3.05) is 0 Å². The van der Waals surface area contributed by atoms with E-state index in [1.807, 2.05) is 31.2 Å². The minimum atomic E-state index is -0.199. The summed E-state index contributed by atoms with van der Waals surface area (Å²) in [4.78, 5) is 4.32. The summed E-state index contributed by atoms with van der Waals surface area (Å²) in [6.45, 7) is 1.98. The Labute approximate surface area is 105 Å². The molecule has 0 saturated heterocycles. The maximum absolute atomic E-state index is 5.85. The van der Waals surface area contributed by atoms with E-state index in [1.54, 1.807) is 0 Å². The average molecular weight is 245 g/mol. The molecule has 2 N–H and O–H groups in total. The van der Waals surface area contributed by atoms with E-state index >= 15 is 0 Å². The van der Waals surface area contributed by atoms with Gasteiger partial charge < -0.3 is 15.0 Å². The number of benzene rings is 1. The lowest BCUT2D eigenvalue weighted by Gasteiger charge is -2.04. The van der Waals surface area contributed by atoms with Crippen LogP contribution in [0.1, 0.15) is 42.8 Å². The van der Waals surface area contributed by atoms with Crippen molar-refractivity contribution in [3.8, 4) is 5.75 Å². The highest BCUT2D eigenvalue weighted by Gasteiger charge is 2.28. The normalized spacial score (nSPS) is 19.3. The molecule has 1 aliphatic heterocycles. The standard InChI is InChI=1S/C13H15N3O2/c1-2-9(14)13-15-12(16-18-13)11-7-8-5-3-4-6-10(8)17-11/h3-6,9,11H,2,7,14H2,1H3/t9-,11?/m0/s1. The molecule has 1 aliphatic rings. The Bertz CT molecular complexity index is 528. The third-order valence-corrected chi connectivity index (χ3v) is 3.15. The number of nitrogens with two attached hydrogens (primary N) is 1. The second-order valence-electron chi connectivity index (χ2n) is 4.42. The molecular formula is C13H15N3O2. The predicted octanol–water partition coefficient (Wildman–Crippen LogP) is 2.16. The molecule has 1 aromatic carbocycles. The lowest BCUT2D eigenvalue weighted by molar-refractivity contribution is 0.220. The van der Waals surface area contributed by atoms with Gasteiger partial charge in [-0.2, -0.15) is 4.98 Å². The molecule has 5 heteroatoms. The molecule has 0 aliphatic carbocycles. The maximum Gasteiger partial charge on any atom is 0.243 e. The summed E-state index contributed by atoms with van der Waals surface area (Å²) in [5.41, 5.74) is 7.03. The summed E-state index contributed by atoms with van der Waals surface area (Å²) in [7, 11) is 0. The molecule has 3 rings (SSSR count). The molecule has 5 nitrogen and oxygen atoms in total. The first-order valence-corrected chi connectivity index (χ1v) is 6.11. The molecule has 0 bridgehead atoms. The van der Waals surface area contributed by atoms with Crippen molar-refractivity contribution in [2.24, 2.45) is 5.73 Å². The number of rotatable bonds is 3. The van der Waals surface area contributed by atoms with E-state index in [2.05, 4.69) is 10.1 Å². The van der Waals surface area contributed by atoms with Crippen LogP contribution in [0.4, 0.5) is 0 Å². The first-order chi connectivity index (χ1) is 8.78. The van der Waals surface area contributed by atoms with Crippen molar-refractivity contribution in [1.82, 2.24) is 10.1 Å². The van der Waals surface area contributed by atoms with Gasteiger partial charge in [0.2, 0.25) is 11.7 Å². The van der Waals surface area contributed by atoms with Gasteiger partial charge in [-0.3, -0.25) is 0 Å². The zero-order chi connectivity index (χ0) is 12.5. The van der Waals surface area contributed by atoms with E-state index in [1.165, 1.54) is 5.56 Å². The van der Waals surface area contributed by atoms with Crippen molar-refractivity contribution in [2.45, 2.75) is 31.9 Å². The quantitative estimate of drug-likeness (QED) is 0.896. The molecule has 1 unspecified atom stereocenters. The largest absolute Gasteiger partial charge is 0.482 e. The van der Waals surface area contributed by atoms with Crippen LogP contribution in [0.3, 0.4) is 0 Å². The number of hydrogen-bond donors (Lipinski definition) is 1. The lowest BCUT2D eigenvalue weighted by Crippen LogP contribution is -2.10. The van der Waals surface area contributed by atoms with E-state index in [0.29, 0.717) is 11.7 Å². The van der Waals surface area contributed by atoms with Crippen LogP contribution in [-0.2, 0) is 6.42 Å². The summed E-state index contributed by atoms with van der Waals surface area (Å²) >= 11 is 0. The third kappa shape index (κ3) is 1.86. The van der Waals surface area contributed by atoms with Crippen molar-refractivity contribution in [3.63, 3.8) is 0 Å². The van der Waals surface area contributed by atoms with Crippen LogP contribution in [-0.4, -0.2) is 10.1 Å². The fraction of sp³-hybridized carbons (Fsp3) is 0.385. The van der Waals surface area contributed by atoms with Crippen molar-refractivity contribution in [3.05, 3.63) is 41.5 Å². The Kier molecular flexibility index (Phi) is 2.76. The van der Waals surface area contributed by atoms with E-state index < -0.39 is 0 Å². The van der Waals surface area contributed by atoms with Gasteiger partial charge in [-0.25, -0.2) is 0 Å². The van der Waals surface area contributed by atoms with Gasteiger partial charge in [0, 0.05) is 6.42 Å². The SMILES string of the molecule is CC[C@H](N)c1nc(C2Cc3ccccc3O2)no1. The second-order valence-corrected chi connectivity index (χ2v) is 4.42. The van der Waals surface area contributed by atoms with Crippen LogP contribution in [0.15, 0.2) is 28.8 Å². The van der Waals surface area contributed by atoms with Crippen molar-refractivity contribution in [1.29, 1.82) is 0 Å². The number of ether oxygens (including phenoxy) is 1. The van der Waals surface area contributed by atoms with Crippen LogP contribution in [0.5, 0.6) is 5.75 Å². The topological polar surface area (TPSA) is 74.2 Å². The predicted molar refractivity (Wildman–Crippen MR) is 65.0 cm³/mol. The van der Waals surface area contributed by atoms with Gasteiger partial charge in [-0.05, 0) is 18.1 Å². The van der Waals surface area contributed by atoms with Crippen LogP contribution < -0.4 is 10.5 Å². The molecule has 1 aromatic heterocycles. The number of aromatic nitrogens is 2. The first kappa shape index (κ1) is 11.2. The Morgan fingerprint density at radius 2 is 2.28 bits per heavy atom. The van der Waals surface area contributed by atoms with E-state index in [-0.39, 0.29) is 12.1 Å². The second kappa shape index (κ2) is 4.42. The van der Waals surface area contributed by atoms with Gasteiger partial charge in [0.05, 0.1) is 6.04 Å². The van der Waals surface area contributed by atoms with E-state index in [0.717, 1.165) is 18.6 Å². The fourth-order valence-corrected chi connectivity index (χ4v) is 2.03. The molecule has 2 atom stereocenters. The molecule has 0 saturated carbocycles. The molecule has 94 valence electrons. The molecular weight excluding hydrogens is 230 g/mol. The first-order valence-electron chi connectivity index (χ1n) is 6.11. The summed E-state index contributed by atoms with van der Waals surface area (Å²) in [5, 5.41) is 3.96. The number of fused-ring (bicyclic) bond motifs is 1. The Morgan fingerprint density at radius 1 is 1.44 bits per heavy atom. The molecule has 18 heavy (non-hydrogen) atoms. The van der Waals surface area contributed by atoms with Crippen molar-refractivity contribution < 1.29 is 9.26 Å². The molecule has 0 radical (unpaired) electrons. The van der Waals surface area contributed by atoms with Gasteiger partial charge in [0.15, 0.2) is 6.10 Å². The highest BCUT2D eigenvalue weighted by Crippen LogP contribution is 2.35. The number of para-hydroxylation sites is 1. The van der Waals surface area contributed by atoms with Crippen molar-refractivity contribution >= 4 is 0 Å². The summed E-state index contributed by atoms with van der Waals surface area (Å²) in [6.07, 6.45) is 1.38. The van der Waals surface area contributed by atoms with Crippen LogP contribution in [0.25, 0.3) is 0 Å². The van der Waals surface area contributed by atoms with Crippen LogP contribution in [0, 0.1) is 0 Å². The molecule has 0 fully saturated rings. The minimum Gasteiger partial charge on any atom is -0.482 e. The van der Waals surface area contributed by atoms with Crippen LogP contribution >= 0.6 is 0 Å². The monoisotopic (exact) mass is 245 g/mol. The smallest absolute Gasteiger partial charge is 0.243 e. The molecule has 0 spiro atoms. The fourth-order valence-electron chi connectivity index (χ4n) is 2.03. The van der Waals surface area contributed by atoms with Gasteiger partial charge >= 0.3 is 0 Å². The Hall–Kier alpha value is -1.88. The van der Waals surface area contributed by atoms with E-state index in [9.17, 15) is 0 Å². The zero-order valence-corrected chi connectivity index (χ0v) is 10.2. The van der Waals surface area contributed by atoms with Crippen LogP contribution in [0.2, 0.25) is 0 Å². The summed E-state index contributed by atoms with van der Waals surface area (Å²) in [6, 6.07) is 7.76. The maximum atomic E-state index is 5.85. The Balaban J connectivity index is 1.80. The summed E-state index contributed by atoms with van der Waals surface area (Å²) < 4.78 is 11.0. The zero-order valence-electron chi connectivity index (χ0n) is 10.2. The molecule has 2 aromatic rings. The van der Waals surface area contributed by atoms with Gasteiger partial charge in [-0.15, -0.1) is 0 Å². The summed E-state index contributed by atoms with van der Waals surface area (Å²) in [5.74, 6) is 1.95. The highest BCUT2D eigenvalue weighted by molar-refractivity contribution is 5.37. The van der Waals surface area contributed by atoms with E-state index in [4.69, 9.17) is 15.0 Å².